The lowest BCUT2D eigenvalue weighted by Crippen LogP contribution is -1.82. The van der Waals surface area contributed by atoms with E-state index >= 15 is 0 Å². The van der Waals surface area contributed by atoms with Crippen molar-refractivity contribution in [3.8, 4) is 34.4 Å². The molecule has 6 nitrogen and oxygen atoms in total. The van der Waals surface area contributed by atoms with Crippen molar-refractivity contribution in [1.82, 2.24) is 9.97 Å². The van der Waals surface area contributed by atoms with Gasteiger partial charge in [-0.25, -0.2) is 9.97 Å². The summed E-state index contributed by atoms with van der Waals surface area (Å²) in [4.78, 5) is 9.18. The lowest BCUT2D eigenvalue weighted by Gasteiger charge is -1.99. The van der Waals surface area contributed by atoms with E-state index in [2.05, 4.69) is 9.97 Å². The summed E-state index contributed by atoms with van der Waals surface area (Å²) in [6.45, 7) is 0. The zero-order chi connectivity index (χ0) is 19.1. The monoisotopic (exact) mass is 372 g/mol. The highest BCUT2D eigenvalue weighted by atomic mass is 16.5. The molecule has 0 bridgehead atoms. The summed E-state index contributed by atoms with van der Waals surface area (Å²) in [7, 11) is 3.27. The van der Waals surface area contributed by atoms with Crippen molar-refractivity contribution in [3.63, 3.8) is 0 Å². The number of aromatic nitrogens is 2. The van der Waals surface area contributed by atoms with E-state index in [0.29, 0.717) is 22.9 Å². The van der Waals surface area contributed by atoms with Gasteiger partial charge >= 0.3 is 0 Å². The fraction of sp³-hybridized carbons (Fsp3) is 0.0909. The van der Waals surface area contributed by atoms with Gasteiger partial charge in [0.2, 0.25) is 11.8 Å². The molecule has 5 rings (SSSR count). The number of rotatable bonds is 4. The number of benzene rings is 3. The summed E-state index contributed by atoms with van der Waals surface area (Å²) in [6.07, 6.45) is 0. The molecule has 0 aliphatic rings. The van der Waals surface area contributed by atoms with Crippen LogP contribution < -0.4 is 9.47 Å². The van der Waals surface area contributed by atoms with Gasteiger partial charge in [-0.05, 0) is 54.6 Å². The van der Waals surface area contributed by atoms with Gasteiger partial charge in [0.05, 0.1) is 14.2 Å². The SMILES string of the molecule is COc1ccc(-c2nc3cc4nc(-c5ccc(OC)cc5)oc4cc3o2)cc1. The van der Waals surface area contributed by atoms with Crippen molar-refractivity contribution >= 4 is 22.2 Å². The number of oxazole rings is 2. The third-order valence-electron chi connectivity index (χ3n) is 4.57. The van der Waals surface area contributed by atoms with Gasteiger partial charge in [-0.2, -0.15) is 0 Å². The van der Waals surface area contributed by atoms with E-state index in [1.54, 1.807) is 14.2 Å². The van der Waals surface area contributed by atoms with Gasteiger partial charge in [-0.3, -0.25) is 0 Å². The largest absolute Gasteiger partial charge is 0.497 e. The van der Waals surface area contributed by atoms with Crippen LogP contribution in [0.3, 0.4) is 0 Å². The molecule has 2 aromatic heterocycles. The van der Waals surface area contributed by atoms with E-state index in [4.69, 9.17) is 18.3 Å². The molecule has 0 fully saturated rings. The molecular weight excluding hydrogens is 356 g/mol. The Hall–Kier alpha value is -3.80. The minimum Gasteiger partial charge on any atom is -0.497 e. The second-order valence-electron chi connectivity index (χ2n) is 6.28. The normalized spacial score (nSPS) is 11.2. The van der Waals surface area contributed by atoms with E-state index in [9.17, 15) is 0 Å². The highest BCUT2D eigenvalue weighted by Gasteiger charge is 2.14. The van der Waals surface area contributed by atoms with Gasteiger partial charge in [0.25, 0.3) is 0 Å². The standard InChI is InChI=1S/C22H16N2O4/c1-25-15-7-3-13(4-8-15)21-23-17-11-18-20(12-19(17)27-21)28-22(24-18)14-5-9-16(26-2)10-6-14/h3-12H,1-2H3. The molecule has 0 atom stereocenters. The van der Waals surface area contributed by atoms with E-state index in [1.807, 2.05) is 60.7 Å². The van der Waals surface area contributed by atoms with Gasteiger partial charge < -0.3 is 18.3 Å². The summed E-state index contributed by atoms with van der Waals surface area (Å²) >= 11 is 0. The molecule has 28 heavy (non-hydrogen) atoms. The Balaban J connectivity index is 1.54. The smallest absolute Gasteiger partial charge is 0.227 e. The zero-order valence-corrected chi connectivity index (χ0v) is 15.3. The molecule has 0 amide bonds. The van der Waals surface area contributed by atoms with Crippen LogP contribution in [-0.2, 0) is 0 Å². The van der Waals surface area contributed by atoms with Crippen molar-refractivity contribution < 1.29 is 18.3 Å². The second-order valence-corrected chi connectivity index (χ2v) is 6.28. The highest BCUT2D eigenvalue weighted by molar-refractivity contribution is 5.91. The fourth-order valence-corrected chi connectivity index (χ4v) is 3.06. The van der Waals surface area contributed by atoms with Gasteiger partial charge in [-0.1, -0.05) is 0 Å². The predicted octanol–water partition coefficient (Wildman–Crippen LogP) is 5.32. The summed E-state index contributed by atoms with van der Waals surface area (Å²) in [5, 5.41) is 0. The first-order chi connectivity index (χ1) is 13.7. The van der Waals surface area contributed by atoms with Crippen molar-refractivity contribution in [1.29, 1.82) is 0 Å². The highest BCUT2D eigenvalue weighted by Crippen LogP contribution is 2.31. The molecule has 6 heteroatoms. The maximum atomic E-state index is 5.92. The van der Waals surface area contributed by atoms with Gasteiger partial charge in [-0.15, -0.1) is 0 Å². The number of hydrogen-bond donors (Lipinski definition) is 0. The van der Waals surface area contributed by atoms with Gasteiger partial charge in [0.15, 0.2) is 11.2 Å². The quantitative estimate of drug-likeness (QED) is 0.425. The zero-order valence-electron chi connectivity index (χ0n) is 15.3. The Bertz CT molecular complexity index is 1120. The number of nitrogens with zero attached hydrogens (tertiary/aromatic N) is 2. The first kappa shape index (κ1) is 16.4. The van der Waals surface area contributed by atoms with Crippen LogP contribution in [0.2, 0.25) is 0 Å². The van der Waals surface area contributed by atoms with Crippen molar-refractivity contribution in [3.05, 3.63) is 60.7 Å². The Morgan fingerprint density at radius 3 is 1.43 bits per heavy atom. The molecule has 0 unspecified atom stereocenters. The maximum absolute atomic E-state index is 5.92. The van der Waals surface area contributed by atoms with E-state index in [-0.39, 0.29) is 0 Å². The molecule has 0 aliphatic carbocycles. The summed E-state index contributed by atoms with van der Waals surface area (Å²) < 4.78 is 22.2. The van der Waals surface area contributed by atoms with Crippen LogP contribution in [0, 0.1) is 0 Å². The average molecular weight is 372 g/mol. The van der Waals surface area contributed by atoms with Crippen LogP contribution in [0.25, 0.3) is 45.1 Å². The van der Waals surface area contributed by atoms with Crippen LogP contribution in [0.1, 0.15) is 0 Å². The molecule has 0 aliphatic heterocycles. The van der Waals surface area contributed by atoms with Crippen LogP contribution in [0.5, 0.6) is 11.5 Å². The molecule has 0 radical (unpaired) electrons. The summed E-state index contributed by atoms with van der Waals surface area (Å²) in [5.74, 6) is 2.65. The Kier molecular flexibility index (Phi) is 3.76. The lowest BCUT2D eigenvalue weighted by molar-refractivity contribution is 0.414. The molecule has 0 N–H and O–H groups in total. The molecule has 0 spiro atoms. The van der Waals surface area contributed by atoms with Gasteiger partial charge in [0, 0.05) is 17.2 Å². The van der Waals surface area contributed by atoms with Crippen molar-refractivity contribution in [2.24, 2.45) is 0 Å². The first-order valence-corrected chi connectivity index (χ1v) is 8.73. The lowest BCUT2D eigenvalue weighted by atomic mass is 10.2. The number of ether oxygens (including phenoxy) is 2. The van der Waals surface area contributed by atoms with E-state index in [1.165, 1.54) is 0 Å². The van der Waals surface area contributed by atoms with Crippen LogP contribution in [-0.4, -0.2) is 24.2 Å². The predicted molar refractivity (Wildman–Crippen MR) is 106 cm³/mol. The Morgan fingerprint density at radius 2 is 1.04 bits per heavy atom. The molecular formula is C22H16N2O4. The summed E-state index contributed by atoms with van der Waals surface area (Å²) in [5.41, 5.74) is 4.51. The van der Waals surface area contributed by atoms with Crippen LogP contribution >= 0.6 is 0 Å². The third kappa shape index (κ3) is 2.75. The molecule has 0 saturated carbocycles. The van der Waals surface area contributed by atoms with Crippen LogP contribution in [0.15, 0.2) is 69.5 Å². The summed E-state index contributed by atoms with van der Waals surface area (Å²) in [6, 6.07) is 18.8. The molecule has 3 aromatic carbocycles. The molecule has 138 valence electrons. The first-order valence-electron chi connectivity index (χ1n) is 8.73. The Morgan fingerprint density at radius 1 is 0.607 bits per heavy atom. The van der Waals surface area contributed by atoms with E-state index in [0.717, 1.165) is 33.7 Å². The number of hydrogen-bond acceptors (Lipinski definition) is 6. The van der Waals surface area contributed by atoms with Crippen molar-refractivity contribution in [2.75, 3.05) is 14.2 Å². The van der Waals surface area contributed by atoms with Crippen molar-refractivity contribution in [2.45, 2.75) is 0 Å². The van der Waals surface area contributed by atoms with E-state index < -0.39 is 0 Å². The average Bonchev–Trinajstić information content (AvgIpc) is 3.35. The second kappa shape index (κ2) is 6.42. The minimum absolute atomic E-state index is 0.542. The van der Waals surface area contributed by atoms with Gasteiger partial charge in [0.1, 0.15) is 22.5 Å². The Labute approximate surface area is 160 Å². The van der Waals surface area contributed by atoms with Crippen LogP contribution in [0.4, 0.5) is 0 Å². The molecule has 2 heterocycles. The molecule has 5 aromatic rings. The molecule has 0 saturated heterocycles. The topological polar surface area (TPSA) is 70.5 Å². The number of methoxy groups -OCH3 is 2. The third-order valence-corrected chi connectivity index (χ3v) is 4.57. The number of fused-ring (bicyclic) bond motifs is 2. The fourth-order valence-electron chi connectivity index (χ4n) is 3.06. The minimum atomic E-state index is 0.542. The maximum Gasteiger partial charge on any atom is 0.227 e.